The number of ether oxygens (including phenoxy) is 1. The lowest BCUT2D eigenvalue weighted by Gasteiger charge is -2.36. The van der Waals surface area contributed by atoms with Gasteiger partial charge < -0.3 is 15.0 Å². The zero-order chi connectivity index (χ0) is 19.5. The predicted octanol–water partition coefficient (Wildman–Crippen LogP) is 4.85. The van der Waals surface area contributed by atoms with E-state index in [1.54, 1.807) is 0 Å². The van der Waals surface area contributed by atoms with Crippen LogP contribution in [0, 0.1) is 0 Å². The van der Waals surface area contributed by atoms with E-state index >= 15 is 0 Å². The average molecular weight is 408 g/mol. The summed E-state index contributed by atoms with van der Waals surface area (Å²) in [6.45, 7) is 7.43. The first kappa shape index (κ1) is 18.8. The van der Waals surface area contributed by atoms with Crippen molar-refractivity contribution < 1.29 is 4.74 Å². The number of rotatable bonds is 6. The number of nitrogens with zero attached hydrogens (tertiary/aromatic N) is 2. The van der Waals surface area contributed by atoms with Crippen LogP contribution in [0.4, 0.5) is 11.4 Å². The van der Waals surface area contributed by atoms with Crippen LogP contribution in [0.15, 0.2) is 47.8 Å². The lowest BCUT2D eigenvalue weighted by molar-refractivity contribution is 0.225. The minimum atomic E-state index is 0.785. The van der Waals surface area contributed by atoms with E-state index in [1.807, 2.05) is 11.3 Å². The molecule has 5 heteroatoms. The molecule has 4 nitrogen and oxygen atoms in total. The van der Waals surface area contributed by atoms with Crippen LogP contribution in [0.25, 0.3) is 10.1 Å². The van der Waals surface area contributed by atoms with E-state index in [0.717, 1.165) is 58.0 Å². The number of hydrogen-bond donors (Lipinski definition) is 1. The van der Waals surface area contributed by atoms with Crippen molar-refractivity contribution in [3.05, 3.63) is 53.4 Å². The van der Waals surface area contributed by atoms with Crippen LogP contribution in [0.5, 0.6) is 5.75 Å². The summed E-state index contributed by atoms with van der Waals surface area (Å²) in [6.07, 6.45) is 3.48. The average Bonchev–Trinajstić information content (AvgIpc) is 3.26. The first-order valence-corrected chi connectivity index (χ1v) is 11.7. The largest absolute Gasteiger partial charge is 0.493 e. The van der Waals surface area contributed by atoms with Gasteiger partial charge in [0, 0.05) is 66.8 Å². The molecule has 0 radical (unpaired) electrons. The van der Waals surface area contributed by atoms with E-state index in [2.05, 4.69) is 63.0 Å². The lowest BCUT2D eigenvalue weighted by atomic mass is 10.0. The van der Waals surface area contributed by atoms with Gasteiger partial charge >= 0.3 is 0 Å². The molecule has 2 aromatic carbocycles. The molecule has 3 heterocycles. The van der Waals surface area contributed by atoms with Crippen molar-refractivity contribution in [1.29, 1.82) is 0 Å². The highest BCUT2D eigenvalue weighted by molar-refractivity contribution is 7.17. The van der Waals surface area contributed by atoms with Gasteiger partial charge in [-0.25, -0.2) is 0 Å². The number of fused-ring (bicyclic) bond motifs is 2. The molecule has 29 heavy (non-hydrogen) atoms. The topological polar surface area (TPSA) is 27.7 Å². The molecule has 152 valence electrons. The van der Waals surface area contributed by atoms with Gasteiger partial charge in [0.2, 0.25) is 0 Å². The standard InChI is InChI=1S/C24H29N3OS/c1-5-23(21-9-17-29-24(21)6-1)27-14-12-26(13-15-27)11-3-16-28-20-8-7-19-4-2-10-25-22(19)18-20/h1,5-9,17-18,25H,2-4,10-16H2. The second kappa shape index (κ2) is 8.64. The Morgan fingerprint density at radius 2 is 1.97 bits per heavy atom. The quantitative estimate of drug-likeness (QED) is 0.591. The molecule has 0 aliphatic carbocycles. The van der Waals surface area contributed by atoms with E-state index in [0.29, 0.717) is 0 Å². The lowest BCUT2D eigenvalue weighted by Crippen LogP contribution is -2.46. The van der Waals surface area contributed by atoms with Crippen LogP contribution in [0.1, 0.15) is 18.4 Å². The minimum absolute atomic E-state index is 0.785. The molecule has 2 aliphatic heterocycles. The zero-order valence-electron chi connectivity index (χ0n) is 16.9. The van der Waals surface area contributed by atoms with Crippen molar-refractivity contribution in [3.63, 3.8) is 0 Å². The molecule has 1 saturated heterocycles. The highest BCUT2D eigenvalue weighted by atomic mass is 32.1. The number of anilines is 2. The Morgan fingerprint density at radius 3 is 2.90 bits per heavy atom. The molecule has 0 bridgehead atoms. The Hall–Kier alpha value is -2.24. The van der Waals surface area contributed by atoms with Crippen molar-refractivity contribution in [2.75, 3.05) is 56.1 Å². The molecule has 0 amide bonds. The third kappa shape index (κ3) is 4.21. The van der Waals surface area contributed by atoms with Crippen LogP contribution in [0.2, 0.25) is 0 Å². The van der Waals surface area contributed by atoms with E-state index in [-0.39, 0.29) is 0 Å². The van der Waals surface area contributed by atoms with Crippen LogP contribution < -0.4 is 15.0 Å². The molecule has 0 spiro atoms. The molecule has 3 aromatic rings. The first-order chi connectivity index (χ1) is 14.4. The molecular formula is C24H29N3OS. The van der Waals surface area contributed by atoms with E-state index < -0.39 is 0 Å². The summed E-state index contributed by atoms with van der Waals surface area (Å²) < 4.78 is 7.41. The summed E-state index contributed by atoms with van der Waals surface area (Å²) in [6, 6.07) is 15.4. The Morgan fingerprint density at radius 1 is 1.03 bits per heavy atom. The summed E-state index contributed by atoms with van der Waals surface area (Å²) in [5.74, 6) is 0.992. The first-order valence-electron chi connectivity index (χ1n) is 10.8. The van der Waals surface area contributed by atoms with Gasteiger partial charge in [0.15, 0.2) is 0 Å². The van der Waals surface area contributed by atoms with Crippen molar-refractivity contribution in [2.45, 2.75) is 19.3 Å². The van der Waals surface area contributed by atoms with Crippen LogP contribution in [-0.2, 0) is 6.42 Å². The van der Waals surface area contributed by atoms with Crippen LogP contribution >= 0.6 is 11.3 Å². The normalized spacial score (nSPS) is 17.2. The van der Waals surface area contributed by atoms with Crippen molar-refractivity contribution >= 4 is 32.8 Å². The zero-order valence-corrected chi connectivity index (χ0v) is 17.7. The number of thiophene rings is 1. The third-order valence-electron chi connectivity index (χ3n) is 6.09. The molecule has 0 atom stereocenters. The molecule has 0 unspecified atom stereocenters. The Balaban J connectivity index is 1.07. The Bertz CT molecular complexity index is 962. The maximum atomic E-state index is 6.02. The third-order valence-corrected chi connectivity index (χ3v) is 6.97. The van der Waals surface area contributed by atoms with Gasteiger partial charge in [-0.1, -0.05) is 12.1 Å². The van der Waals surface area contributed by atoms with Gasteiger partial charge in [-0.15, -0.1) is 11.3 Å². The molecule has 1 N–H and O–H groups in total. The van der Waals surface area contributed by atoms with E-state index in [1.165, 1.54) is 39.9 Å². The highest BCUT2D eigenvalue weighted by Gasteiger charge is 2.18. The van der Waals surface area contributed by atoms with Gasteiger partial charge in [-0.2, -0.15) is 0 Å². The molecule has 0 saturated carbocycles. The minimum Gasteiger partial charge on any atom is -0.493 e. The molecular weight excluding hydrogens is 378 g/mol. The number of hydrogen-bond acceptors (Lipinski definition) is 5. The fourth-order valence-corrected chi connectivity index (χ4v) is 5.28. The second-order valence-electron chi connectivity index (χ2n) is 7.99. The molecule has 1 fully saturated rings. The summed E-state index contributed by atoms with van der Waals surface area (Å²) in [7, 11) is 0. The maximum Gasteiger partial charge on any atom is 0.121 e. The van der Waals surface area contributed by atoms with Gasteiger partial charge in [-0.3, -0.25) is 4.90 Å². The number of piperazine rings is 1. The van der Waals surface area contributed by atoms with Crippen molar-refractivity contribution in [3.8, 4) is 5.75 Å². The summed E-state index contributed by atoms with van der Waals surface area (Å²) >= 11 is 1.83. The van der Waals surface area contributed by atoms with Crippen molar-refractivity contribution in [1.82, 2.24) is 4.90 Å². The van der Waals surface area contributed by atoms with Gasteiger partial charge in [0.25, 0.3) is 0 Å². The molecule has 5 rings (SSSR count). The maximum absolute atomic E-state index is 6.02. The number of aryl methyl sites for hydroxylation is 1. The fraction of sp³-hybridized carbons (Fsp3) is 0.417. The summed E-state index contributed by atoms with van der Waals surface area (Å²) in [5, 5.41) is 7.08. The SMILES string of the molecule is c1cc(N2CCN(CCCOc3ccc4c(c3)NCCC4)CC2)c2ccsc2c1. The Labute approximate surface area is 177 Å². The monoisotopic (exact) mass is 407 g/mol. The fourth-order valence-electron chi connectivity index (χ4n) is 4.47. The summed E-state index contributed by atoms with van der Waals surface area (Å²) in [4.78, 5) is 5.12. The highest BCUT2D eigenvalue weighted by Crippen LogP contribution is 2.31. The molecule has 1 aromatic heterocycles. The number of nitrogens with one attached hydrogen (secondary N) is 1. The number of benzene rings is 2. The van der Waals surface area contributed by atoms with Gasteiger partial charge in [0.05, 0.1) is 6.61 Å². The van der Waals surface area contributed by atoms with E-state index in [9.17, 15) is 0 Å². The van der Waals surface area contributed by atoms with Crippen LogP contribution in [0.3, 0.4) is 0 Å². The summed E-state index contributed by atoms with van der Waals surface area (Å²) in [5.41, 5.74) is 4.07. The van der Waals surface area contributed by atoms with Crippen LogP contribution in [-0.4, -0.2) is 50.8 Å². The van der Waals surface area contributed by atoms with E-state index in [4.69, 9.17) is 4.74 Å². The second-order valence-corrected chi connectivity index (χ2v) is 8.94. The molecule has 2 aliphatic rings. The smallest absolute Gasteiger partial charge is 0.121 e. The van der Waals surface area contributed by atoms with Crippen molar-refractivity contribution in [2.24, 2.45) is 0 Å². The van der Waals surface area contributed by atoms with Gasteiger partial charge in [-0.05, 0) is 54.5 Å². The predicted molar refractivity (Wildman–Crippen MR) is 124 cm³/mol. The van der Waals surface area contributed by atoms with Gasteiger partial charge in [0.1, 0.15) is 5.75 Å². The Kier molecular flexibility index (Phi) is 5.59.